The fourth-order valence-corrected chi connectivity index (χ4v) is 5.59. The summed E-state index contributed by atoms with van der Waals surface area (Å²) in [6.07, 6.45) is 2.43. The zero-order valence-corrected chi connectivity index (χ0v) is 20.0. The van der Waals surface area contributed by atoms with E-state index in [0.29, 0.717) is 44.1 Å². The number of thiophene rings is 1. The van der Waals surface area contributed by atoms with Crippen molar-refractivity contribution in [1.29, 1.82) is 0 Å². The van der Waals surface area contributed by atoms with Crippen LogP contribution >= 0.6 is 22.9 Å². The van der Waals surface area contributed by atoms with Crippen molar-refractivity contribution in [1.82, 2.24) is 5.16 Å². The minimum atomic E-state index is -0.407. The molecule has 6 nitrogen and oxygen atoms in total. The van der Waals surface area contributed by atoms with Crippen molar-refractivity contribution in [2.75, 3.05) is 5.32 Å². The minimum absolute atomic E-state index is 0.253. The summed E-state index contributed by atoms with van der Waals surface area (Å²) in [6.45, 7) is 7.50. The highest BCUT2D eigenvalue weighted by atomic mass is 35.5. The average Bonchev–Trinajstić information content (AvgIpc) is 3.27. The third-order valence-electron chi connectivity index (χ3n) is 5.50. The zero-order chi connectivity index (χ0) is 23.0. The van der Waals surface area contributed by atoms with Crippen molar-refractivity contribution in [2.45, 2.75) is 53.1 Å². The summed E-state index contributed by atoms with van der Waals surface area (Å²) in [5, 5.41) is 7.99. The van der Waals surface area contributed by atoms with Crippen molar-refractivity contribution in [3.05, 3.63) is 56.6 Å². The number of benzene rings is 1. The first kappa shape index (κ1) is 22.6. The second kappa shape index (κ2) is 9.08. The van der Waals surface area contributed by atoms with Gasteiger partial charge in [0, 0.05) is 10.4 Å². The monoisotopic (exact) mass is 472 g/mol. The lowest BCUT2D eigenvalue weighted by Crippen LogP contribution is -2.19. The highest BCUT2D eigenvalue weighted by molar-refractivity contribution is 7.17. The molecule has 2 aromatic heterocycles. The molecule has 1 atom stereocenters. The number of aromatic nitrogens is 1. The number of nitrogens with zero attached hydrogens (tertiary/aromatic N) is 1. The molecule has 1 aliphatic carbocycles. The second-order valence-corrected chi connectivity index (χ2v) is 9.92. The lowest BCUT2D eigenvalue weighted by molar-refractivity contribution is 0.0378. The maximum Gasteiger partial charge on any atom is 0.341 e. The molecule has 2 heterocycles. The molecular formula is C24H25ClN2O4S. The third-order valence-corrected chi connectivity index (χ3v) is 7.00. The summed E-state index contributed by atoms with van der Waals surface area (Å²) in [5.41, 5.74) is 2.72. The number of halogens is 1. The summed E-state index contributed by atoms with van der Waals surface area (Å²) >= 11 is 7.78. The topological polar surface area (TPSA) is 81.4 Å². The molecule has 0 fully saturated rings. The van der Waals surface area contributed by atoms with Crippen molar-refractivity contribution < 1.29 is 18.8 Å². The Morgan fingerprint density at radius 1 is 1.28 bits per heavy atom. The SMILES string of the molecule is Cc1onc(-c2ccccc2Cl)c1C(=O)Nc1sc2c(c1C(=O)OC(C)C)CC[C@@H](C)C2. The van der Waals surface area contributed by atoms with Gasteiger partial charge in [0.2, 0.25) is 0 Å². The number of carbonyl (C=O) groups is 2. The molecule has 1 N–H and O–H groups in total. The molecule has 0 radical (unpaired) electrons. The molecule has 8 heteroatoms. The lowest BCUT2D eigenvalue weighted by atomic mass is 9.88. The average molecular weight is 473 g/mol. The van der Waals surface area contributed by atoms with Crippen LogP contribution in [-0.4, -0.2) is 23.1 Å². The minimum Gasteiger partial charge on any atom is -0.459 e. The molecule has 0 spiro atoms. The van der Waals surface area contributed by atoms with E-state index in [1.165, 1.54) is 11.3 Å². The van der Waals surface area contributed by atoms with Crippen LogP contribution in [0.1, 0.15) is 64.1 Å². The number of hydrogen-bond acceptors (Lipinski definition) is 6. The van der Waals surface area contributed by atoms with Crippen LogP contribution < -0.4 is 5.32 Å². The highest BCUT2D eigenvalue weighted by Crippen LogP contribution is 2.41. The molecule has 1 amide bonds. The van der Waals surface area contributed by atoms with E-state index in [1.807, 2.05) is 26.0 Å². The van der Waals surface area contributed by atoms with Crippen LogP contribution in [0.3, 0.4) is 0 Å². The van der Waals surface area contributed by atoms with Gasteiger partial charge in [-0.3, -0.25) is 4.79 Å². The molecule has 0 saturated heterocycles. The molecule has 1 aliphatic rings. The zero-order valence-electron chi connectivity index (χ0n) is 18.5. The van der Waals surface area contributed by atoms with Crippen LogP contribution in [0.2, 0.25) is 5.02 Å². The Hall–Kier alpha value is -2.64. The Morgan fingerprint density at radius 3 is 2.75 bits per heavy atom. The smallest absolute Gasteiger partial charge is 0.341 e. The van der Waals surface area contributed by atoms with E-state index in [1.54, 1.807) is 19.1 Å². The predicted molar refractivity (Wildman–Crippen MR) is 126 cm³/mol. The van der Waals surface area contributed by atoms with Gasteiger partial charge >= 0.3 is 5.97 Å². The molecule has 1 aromatic carbocycles. The van der Waals surface area contributed by atoms with Gasteiger partial charge in [0.05, 0.1) is 16.7 Å². The number of amides is 1. The first-order chi connectivity index (χ1) is 15.3. The van der Waals surface area contributed by atoms with Gasteiger partial charge in [0.1, 0.15) is 22.0 Å². The largest absolute Gasteiger partial charge is 0.459 e. The van der Waals surface area contributed by atoms with Crippen molar-refractivity contribution in [3.63, 3.8) is 0 Å². The Bertz CT molecular complexity index is 1180. The number of rotatable bonds is 5. The van der Waals surface area contributed by atoms with Gasteiger partial charge in [0.25, 0.3) is 5.91 Å². The lowest BCUT2D eigenvalue weighted by Gasteiger charge is -2.18. The predicted octanol–water partition coefficient (Wildman–Crippen LogP) is 6.31. The number of aryl methyl sites for hydroxylation is 1. The van der Waals surface area contributed by atoms with Gasteiger partial charge in [-0.15, -0.1) is 11.3 Å². The quantitative estimate of drug-likeness (QED) is 0.440. The first-order valence-corrected chi connectivity index (χ1v) is 11.8. The Labute approximate surface area is 195 Å². The molecule has 4 rings (SSSR count). The van der Waals surface area contributed by atoms with Crippen molar-refractivity contribution >= 4 is 39.8 Å². The molecule has 0 aliphatic heterocycles. The summed E-state index contributed by atoms with van der Waals surface area (Å²) < 4.78 is 10.8. The van der Waals surface area contributed by atoms with Crippen molar-refractivity contribution in [2.24, 2.45) is 5.92 Å². The molecule has 0 saturated carbocycles. The van der Waals surface area contributed by atoms with Crippen LogP contribution in [-0.2, 0) is 17.6 Å². The first-order valence-electron chi connectivity index (χ1n) is 10.6. The fraction of sp³-hybridized carbons (Fsp3) is 0.375. The van der Waals surface area contributed by atoms with Gasteiger partial charge in [-0.05, 0) is 57.6 Å². The van der Waals surface area contributed by atoms with Gasteiger partial charge in [-0.1, -0.05) is 41.9 Å². The summed E-state index contributed by atoms with van der Waals surface area (Å²) in [5.74, 6) is 0.101. The van der Waals surface area contributed by atoms with E-state index < -0.39 is 11.9 Å². The number of nitrogens with one attached hydrogen (secondary N) is 1. The number of carbonyl (C=O) groups excluding carboxylic acids is 2. The van der Waals surface area contributed by atoms with E-state index in [0.717, 1.165) is 29.7 Å². The molecule has 3 aromatic rings. The number of hydrogen-bond donors (Lipinski definition) is 1. The number of fused-ring (bicyclic) bond motifs is 1. The van der Waals surface area contributed by atoms with Gasteiger partial charge < -0.3 is 14.6 Å². The number of ether oxygens (including phenoxy) is 1. The van der Waals surface area contributed by atoms with Crippen LogP contribution in [0.4, 0.5) is 5.00 Å². The van der Waals surface area contributed by atoms with E-state index in [4.69, 9.17) is 20.9 Å². The van der Waals surface area contributed by atoms with Gasteiger partial charge in [-0.2, -0.15) is 0 Å². The molecule has 32 heavy (non-hydrogen) atoms. The Morgan fingerprint density at radius 2 is 2.03 bits per heavy atom. The van der Waals surface area contributed by atoms with Crippen LogP contribution in [0.25, 0.3) is 11.3 Å². The summed E-state index contributed by atoms with van der Waals surface area (Å²) in [4.78, 5) is 27.4. The molecule has 168 valence electrons. The summed E-state index contributed by atoms with van der Waals surface area (Å²) in [6, 6.07) is 7.15. The Balaban J connectivity index is 1.73. The molecular weight excluding hydrogens is 448 g/mol. The third kappa shape index (κ3) is 4.32. The van der Waals surface area contributed by atoms with E-state index in [-0.39, 0.29) is 6.10 Å². The standard InChI is InChI=1S/C24H25ClN2O4S/c1-12(2)30-24(29)20-16-10-9-13(3)11-18(16)32-23(20)26-22(28)19-14(4)31-27-21(19)15-7-5-6-8-17(15)25/h5-8,12-13H,9-11H2,1-4H3,(H,26,28)/t13-/m1/s1. The van der Waals surface area contributed by atoms with Crippen molar-refractivity contribution in [3.8, 4) is 11.3 Å². The normalized spacial score (nSPS) is 15.5. The van der Waals surface area contributed by atoms with Crippen LogP contribution in [0.5, 0.6) is 0 Å². The molecule has 0 unspecified atom stereocenters. The number of esters is 1. The maximum atomic E-state index is 13.4. The highest BCUT2D eigenvalue weighted by Gasteiger charge is 2.31. The van der Waals surface area contributed by atoms with Gasteiger partial charge in [0.15, 0.2) is 0 Å². The Kier molecular flexibility index (Phi) is 6.40. The summed E-state index contributed by atoms with van der Waals surface area (Å²) in [7, 11) is 0. The van der Waals surface area contributed by atoms with Crippen LogP contribution in [0.15, 0.2) is 28.8 Å². The van der Waals surface area contributed by atoms with E-state index in [2.05, 4.69) is 17.4 Å². The maximum absolute atomic E-state index is 13.4. The molecule has 0 bridgehead atoms. The van der Waals surface area contributed by atoms with E-state index >= 15 is 0 Å². The van der Waals surface area contributed by atoms with E-state index in [9.17, 15) is 9.59 Å². The van der Waals surface area contributed by atoms with Crippen LogP contribution in [0, 0.1) is 12.8 Å². The number of anilines is 1. The fourth-order valence-electron chi connectivity index (χ4n) is 3.97. The second-order valence-electron chi connectivity index (χ2n) is 8.41. The van der Waals surface area contributed by atoms with Gasteiger partial charge in [-0.25, -0.2) is 4.79 Å².